The average Bonchev–Trinajstić information content (AvgIpc) is 3.01. The molecule has 0 aliphatic carbocycles. The van der Waals surface area contributed by atoms with E-state index in [1.165, 1.54) is 4.90 Å². The predicted octanol–water partition coefficient (Wildman–Crippen LogP) is 5.02. The Balaban J connectivity index is 1.82. The zero-order valence-electron chi connectivity index (χ0n) is 18.0. The van der Waals surface area contributed by atoms with Crippen LogP contribution in [-0.4, -0.2) is 18.9 Å². The molecule has 5 nitrogen and oxygen atoms in total. The molecule has 0 saturated heterocycles. The molecule has 0 atom stereocenters. The van der Waals surface area contributed by atoms with E-state index in [-0.39, 0.29) is 17.5 Å². The monoisotopic (exact) mass is 412 g/mol. The number of rotatable bonds is 5. The van der Waals surface area contributed by atoms with Gasteiger partial charge in [0.15, 0.2) is 0 Å². The van der Waals surface area contributed by atoms with E-state index in [9.17, 15) is 9.59 Å². The number of carbonyl (C=O) groups excluding carboxylic acids is 2. The first-order chi connectivity index (χ1) is 14.9. The van der Waals surface area contributed by atoms with Gasteiger partial charge < -0.3 is 10.1 Å². The minimum absolute atomic E-state index is 0.264. The number of nitrogens with one attached hydrogen (secondary N) is 1. The van der Waals surface area contributed by atoms with Gasteiger partial charge >= 0.3 is 0 Å². The summed E-state index contributed by atoms with van der Waals surface area (Å²) in [6, 6.07) is 20.5. The number of hydrogen-bond acceptors (Lipinski definition) is 4. The van der Waals surface area contributed by atoms with Crippen molar-refractivity contribution in [1.29, 1.82) is 0 Å². The van der Waals surface area contributed by atoms with Crippen LogP contribution < -0.4 is 15.0 Å². The summed E-state index contributed by atoms with van der Waals surface area (Å²) < 4.78 is 5.21. The molecule has 1 heterocycles. The second-order valence-corrected chi connectivity index (χ2v) is 7.63. The van der Waals surface area contributed by atoms with Crippen molar-refractivity contribution < 1.29 is 14.3 Å². The van der Waals surface area contributed by atoms with Crippen molar-refractivity contribution in [3.8, 4) is 5.75 Å². The maximum atomic E-state index is 13.6. The Morgan fingerprint density at radius 3 is 2.13 bits per heavy atom. The van der Waals surface area contributed by atoms with Crippen molar-refractivity contribution in [3.05, 3.63) is 94.7 Å². The van der Waals surface area contributed by atoms with Crippen molar-refractivity contribution in [2.24, 2.45) is 0 Å². The molecule has 2 amide bonds. The van der Waals surface area contributed by atoms with Gasteiger partial charge in [0.25, 0.3) is 11.8 Å². The number of ether oxygens (including phenoxy) is 1. The maximum Gasteiger partial charge on any atom is 0.282 e. The van der Waals surface area contributed by atoms with Gasteiger partial charge in [-0.2, -0.15) is 0 Å². The highest BCUT2D eigenvalue weighted by Gasteiger charge is 2.40. The number of aryl methyl sites for hydroxylation is 2. The molecule has 31 heavy (non-hydrogen) atoms. The van der Waals surface area contributed by atoms with Crippen LogP contribution >= 0.6 is 0 Å². The van der Waals surface area contributed by atoms with E-state index in [1.807, 2.05) is 69.3 Å². The molecule has 0 aromatic heterocycles. The molecular weight excluding hydrogens is 388 g/mol. The smallest absolute Gasteiger partial charge is 0.282 e. The SMILES string of the molecule is COc1ccc(NC2=C(c3ccc(C)cc3)C(=O)N(c3cccc(C)c3C)C2=O)cc1. The van der Waals surface area contributed by atoms with Crippen molar-refractivity contribution in [3.63, 3.8) is 0 Å². The minimum Gasteiger partial charge on any atom is -0.497 e. The van der Waals surface area contributed by atoms with Crippen LogP contribution in [0.25, 0.3) is 5.57 Å². The number of benzene rings is 3. The summed E-state index contributed by atoms with van der Waals surface area (Å²) in [4.78, 5) is 28.3. The lowest BCUT2D eigenvalue weighted by Gasteiger charge is -2.19. The maximum absolute atomic E-state index is 13.6. The fourth-order valence-corrected chi connectivity index (χ4v) is 3.65. The Bertz CT molecular complexity index is 1190. The third-order valence-corrected chi connectivity index (χ3v) is 5.60. The van der Waals surface area contributed by atoms with Gasteiger partial charge in [-0.25, -0.2) is 4.90 Å². The lowest BCUT2D eigenvalue weighted by atomic mass is 10.0. The van der Waals surface area contributed by atoms with Crippen LogP contribution in [0.15, 0.2) is 72.4 Å². The van der Waals surface area contributed by atoms with E-state index >= 15 is 0 Å². The van der Waals surface area contributed by atoms with Gasteiger partial charge in [-0.15, -0.1) is 0 Å². The Hall–Kier alpha value is -3.86. The molecule has 0 radical (unpaired) electrons. The highest BCUT2D eigenvalue weighted by molar-refractivity contribution is 6.46. The van der Waals surface area contributed by atoms with E-state index in [1.54, 1.807) is 25.3 Å². The van der Waals surface area contributed by atoms with E-state index in [4.69, 9.17) is 4.74 Å². The molecule has 3 aromatic rings. The number of amides is 2. The molecular formula is C26H24N2O3. The van der Waals surface area contributed by atoms with Gasteiger partial charge in [-0.3, -0.25) is 9.59 Å². The largest absolute Gasteiger partial charge is 0.497 e. The van der Waals surface area contributed by atoms with Gasteiger partial charge in [-0.1, -0.05) is 42.0 Å². The molecule has 1 aliphatic rings. The zero-order chi connectivity index (χ0) is 22.1. The first-order valence-corrected chi connectivity index (χ1v) is 10.1. The highest BCUT2D eigenvalue weighted by Crippen LogP contribution is 2.36. The van der Waals surface area contributed by atoms with Gasteiger partial charge in [0.2, 0.25) is 0 Å². The summed E-state index contributed by atoms with van der Waals surface area (Å²) >= 11 is 0. The Morgan fingerprint density at radius 2 is 1.48 bits per heavy atom. The van der Waals surface area contributed by atoms with E-state index < -0.39 is 0 Å². The zero-order valence-corrected chi connectivity index (χ0v) is 18.0. The fraction of sp³-hybridized carbons (Fsp3) is 0.154. The van der Waals surface area contributed by atoms with E-state index in [2.05, 4.69) is 5.32 Å². The van der Waals surface area contributed by atoms with Crippen LogP contribution in [0.5, 0.6) is 5.75 Å². The predicted molar refractivity (Wildman–Crippen MR) is 123 cm³/mol. The number of anilines is 2. The number of carbonyl (C=O) groups is 2. The normalized spacial score (nSPS) is 13.7. The lowest BCUT2D eigenvalue weighted by molar-refractivity contribution is -0.120. The molecule has 0 bridgehead atoms. The van der Waals surface area contributed by atoms with Crippen LogP contribution in [0.1, 0.15) is 22.3 Å². The number of nitrogens with zero attached hydrogens (tertiary/aromatic N) is 1. The molecule has 0 spiro atoms. The molecule has 1 N–H and O–H groups in total. The van der Waals surface area contributed by atoms with Crippen molar-refractivity contribution in [2.45, 2.75) is 20.8 Å². The van der Waals surface area contributed by atoms with Gasteiger partial charge in [0.1, 0.15) is 11.4 Å². The molecule has 4 rings (SSSR count). The van der Waals surface area contributed by atoms with E-state index in [0.717, 1.165) is 16.7 Å². The standard InChI is InChI=1S/C26H24N2O3/c1-16-8-10-19(11-9-16)23-24(27-20-12-14-21(31-4)15-13-20)26(30)28(25(23)29)22-7-5-6-17(2)18(22)3/h5-15,27H,1-4H3. The van der Waals surface area contributed by atoms with Crippen LogP contribution in [0.4, 0.5) is 11.4 Å². The van der Waals surface area contributed by atoms with Gasteiger partial charge in [-0.05, 0) is 67.8 Å². The molecule has 156 valence electrons. The Labute approximate surface area is 182 Å². The fourth-order valence-electron chi connectivity index (χ4n) is 3.65. The van der Waals surface area contributed by atoms with Crippen LogP contribution in [0.2, 0.25) is 0 Å². The third-order valence-electron chi connectivity index (χ3n) is 5.60. The minimum atomic E-state index is -0.370. The molecule has 3 aromatic carbocycles. The highest BCUT2D eigenvalue weighted by atomic mass is 16.5. The Morgan fingerprint density at radius 1 is 0.806 bits per heavy atom. The number of methoxy groups -OCH3 is 1. The summed E-state index contributed by atoms with van der Waals surface area (Å²) in [5.41, 5.74) is 5.63. The molecule has 0 unspecified atom stereocenters. The summed E-state index contributed by atoms with van der Waals surface area (Å²) in [7, 11) is 1.60. The summed E-state index contributed by atoms with van der Waals surface area (Å²) in [6.45, 7) is 5.87. The van der Waals surface area contributed by atoms with Gasteiger partial charge in [0, 0.05) is 5.69 Å². The lowest BCUT2D eigenvalue weighted by Crippen LogP contribution is -2.33. The number of hydrogen-bond donors (Lipinski definition) is 1. The summed E-state index contributed by atoms with van der Waals surface area (Å²) in [6.07, 6.45) is 0. The molecule has 0 fully saturated rings. The van der Waals surface area contributed by atoms with E-state index in [0.29, 0.717) is 28.3 Å². The average molecular weight is 412 g/mol. The Kier molecular flexibility index (Phi) is 5.34. The van der Waals surface area contributed by atoms with Crippen LogP contribution in [-0.2, 0) is 9.59 Å². The first kappa shape index (κ1) is 20.4. The van der Waals surface area contributed by atoms with Crippen LogP contribution in [0.3, 0.4) is 0 Å². The summed E-state index contributed by atoms with van der Waals surface area (Å²) in [5.74, 6) is 0.00721. The topological polar surface area (TPSA) is 58.6 Å². The molecule has 1 aliphatic heterocycles. The summed E-state index contributed by atoms with van der Waals surface area (Å²) in [5, 5.41) is 3.18. The quantitative estimate of drug-likeness (QED) is 0.598. The van der Waals surface area contributed by atoms with Crippen molar-refractivity contribution in [1.82, 2.24) is 0 Å². The van der Waals surface area contributed by atoms with Crippen molar-refractivity contribution >= 4 is 28.8 Å². The second kappa shape index (κ2) is 8.11. The van der Waals surface area contributed by atoms with Crippen molar-refractivity contribution in [2.75, 3.05) is 17.3 Å². The molecule has 0 saturated carbocycles. The van der Waals surface area contributed by atoms with Gasteiger partial charge in [0.05, 0.1) is 18.4 Å². The number of imide groups is 1. The third kappa shape index (κ3) is 3.70. The molecule has 5 heteroatoms. The second-order valence-electron chi connectivity index (χ2n) is 7.63. The first-order valence-electron chi connectivity index (χ1n) is 10.1. The van der Waals surface area contributed by atoms with Crippen LogP contribution in [0, 0.1) is 20.8 Å².